The molecule has 0 atom stereocenters. The third kappa shape index (κ3) is 2.52. The minimum atomic E-state index is 0.0645. The summed E-state index contributed by atoms with van der Waals surface area (Å²) in [6.07, 6.45) is 3.32. The van der Waals surface area contributed by atoms with Gasteiger partial charge in [-0.2, -0.15) is 0 Å². The van der Waals surface area contributed by atoms with Crippen LogP contribution < -0.4 is 0 Å². The fraction of sp³-hybridized carbons (Fsp3) is 0.286. The van der Waals surface area contributed by atoms with Gasteiger partial charge in [-0.3, -0.25) is 4.79 Å². The van der Waals surface area contributed by atoms with Gasteiger partial charge >= 0.3 is 0 Å². The van der Waals surface area contributed by atoms with Crippen LogP contribution in [0.4, 0.5) is 0 Å². The summed E-state index contributed by atoms with van der Waals surface area (Å²) in [5.74, 6) is 0.130. The lowest BCUT2D eigenvalue weighted by molar-refractivity contribution is 0.101. The van der Waals surface area contributed by atoms with Crippen LogP contribution in [0, 0.1) is 6.92 Å². The molecule has 0 aromatic heterocycles. The van der Waals surface area contributed by atoms with Crippen LogP contribution in [0.1, 0.15) is 59.8 Å². The van der Waals surface area contributed by atoms with Crippen LogP contribution in [-0.4, -0.2) is 5.78 Å². The van der Waals surface area contributed by atoms with Crippen molar-refractivity contribution in [2.75, 3.05) is 0 Å². The van der Waals surface area contributed by atoms with E-state index in [1.165, 1.54) is 27.8 Å². The van der Waals surface area contributed by atoms with E-state index < -0.39 is 0 Å². The van der Waals surface area contributed by atoms with Crippen LogP contribution in [0.5, 0.6) is 0 Å². The molecule has 1 heteroatoms. The van der Waals surface area contributed by atoms with E-state index in [0.29, 0.717) is 0 Å². The van der Waals surface area contributed by atoms with Gasteiger partial charge in [0, 0.05) is 5.56 Å². The topological polar surface area (TPSA) is 17.1 Å². The predicted octanol–water partition coefficient (Wildman–Crippen LogP) is 5.31. The maximum absolute atomic E-state index is 11.7. The number of benzene rings is 2. The zero-order valence-electron chi connectivity index (χ0n) is 13.7. The highest BCUT2D eigenvalue weighted by atomic mass is 16.1. The summed E-state index contributed by atoms with van der Waals surface area (Å²) in [7, 11) is 0. The van der Waals surface area contributed by atoms with Crippen molar-refractivity contribution in [2.24, 2.45) is 0 Å². The summed E-state index contributed by atoms with van der Waals surface area (Å²) in [4.78, 5) is 11.7. The maximum Gasteiger partial charge on any atom is 0.159 e. The van der Waals surface area contributed by atoms with E-state index >= 15 is 0 Å². The standard InChI is InChI=1S/C21H22O/c1-14-5-7-16(8-6-14)18-11-12-21(3,4)20-13-17(15(2)22)9-10-19(18)20/h5-11,13H,12H2,1-4H3. The number of carbonyl (C=O) groups is 1. The second kappa shape index (κ2) is 5.24. The summed E-state index contributed by atoms with van der Waals surface area (Å²) in [6, 6.07) is 14.8. The number of hydrogen-bond donors (Lipinski definition) is 0. The maximum atomic E-state index is 11.7. The molecule has 0 bridgehead atoms. The molecule has 0 aliphatic heterocycles. The number of aryl methyl sites for hydroxylation is 1. The van der Waals surface area contributed by atoms with Crippen LogP contribution in [-0.2, 0) is 5.41 Å². The molecule has 1 nitrogen and oxygen atoms in total. The van der Waals surface area contributed by atoms with Gasteiger partial charge in [0.05, 0.1) is 0 Å². The third-order valence-corrected chi connectivity index (χ3v) is 4.62. The molecule has 1 aliphatic carbocycles. The summed E-state index contributed by atoms with van der Waals surface area (Å²) in [5.41, 5.74) is 7.20. The van der Waals surface area contributed by atoms with Crippen molar-refractivity contribution >= 4 is 11.4 Å². The van der Waals surface area contributed by atoms with Gasteiger partial charge in [-0.25, -0.2) is 0 Å². The number of rotatable bonds is 2. The van der Waals surface area contributed by atoms with Crippen molar-refractivity contribution in [2.45, 2.75) is 39.5 Å². The molecule has 2 aromatic rings. The monoisotopic (exact) mass is 290 g/mol. The highest BCUT2D eigenvalue weighted by molar-refractivity contribution is 5.95. The Morgan fingerprint density at radius 2 is 1.73 bits per heavy atom. The normalized spacial score (nSPS) is 15.9. The minimum Gasteiger partial charge on any atom is -0.295 e. The molecule has 0 unspecified atom stereocenters. The number of hydrogen-bond acceptors (Lipinski definition) is 1. The van der Waals surface area contributed by atoms with Gasteiger partial charge < -0.3 is 0 Å². The molecule has 0 N–H and O–H groups in total. The molecule has 0 saturated carbocycles. The second-order valence-electron chi connectivity index (χ2n) is 6.89. The molecule has 0 amide bonds. The number of allylic oxidation sites excluding steroid dienone is 1. The van der Waals surface area contributed by atoms with Crippen LogP contribution in [0.2, 0.25) is 0 Å². The van der Waals surface area contributed by atoms with E-state index in [1.54, 1.807) is 6.92 Å². The molecule has 3 rings (SSSR count). The van der Waals surface area contributed by atoms with E-state index in [-0.39, 0.29) is 11.2 Å². The van der Waals surface area contributed by atoms with E-state index in [4.69, 9.17) is 0 Å². The Labute approximate surface area is 132 Å². The van der Waals surface area contributed by atoms with Crippen LogP contribution in [0.3, 0.4) is 0 Å². The number of Topliss-reactive ketones (excluding diaryl/α,β-unsaturated/α-hetero) is 1. The Bertz CT molecular complexity index is 761. The largest absolute Gasteiger partial charge is 0.295 e. The van der Waals surface area contributed by atoms with Gasteiger partial charge in [-0.1, -0.05) is 61.9 Å². The van der Waals surface area contributed by atoms with Crippen molar-refractivity contribution in [3.63, 3.8) is 0 Å². The summed E-state index contributed by atoms with van der Waals surface area (Å²) in [6.45, 7) is 8.24. The Morgan fingerprint density at radius 1 is 1.05 bits per heavy atom. The first kappa shape index (κ1) is 14.8. The van der Waals surface area contributed by atoms with Crippen LogP contribution in [0.15, 0.2) is 48.5 Å². The lowest BCUT2D eigenvalue weighted by Gasteiger charge is -2.32. The first-order valence-electron chi connectivity index (χ1n) is 7.81. The molecule has 0 radical (unpaired) electrons. The number of ketones is 1. The average Bonchev–Trinajstić information content (AvgIpc) is 2.48. The molecule has 0 fully saturated rings. The molecule has 22 heavy (non-hydrogen) atoms. The number of fused-ring (bicyclic) bond motifs is 1. The molecular weight excluding hydrogens is 268 g/mol. The second-order valence-corrected chi connectivity index (χ2v) is 6.89. The fourth-order valence-corrected chi connectivity index (χ4v) is 3.14. The Kier molecular flexibility index (Phi) is 3.52. The Morgan fingerprint density at radius 3 is 2.36 bits per heavy atom. The zero-order chi connectivity index (χ0) is 15.9. The molecule has 1 aliphatic rings. The zero-order valence-corrected chi connectivity index (χ0v) is 13.7. The Hall–Kier alpha value is -2.15. The van der Waals surface area contributed by atoms with Crippen molar-refractivity contribution in [1.82, 2.24) is 0 Å². The van der Waals surface area contributed by atoms with Gasteiger partial charge in [0.25, 0.3) is 0 Å². The molecule has 112 valence electrons. The molecule has 0 heterocycles. The van der Waals surface area contributed by atoms with Gasteiger partial charge in [0.15, 0.2) is 5.78 Å². The van der Waals surface area contributed by atoms with Crippen LogP contribution in [0.25, 0.3) is 5.57 Å². The predicted molar refractivity (Wildman–Crippen MR) is 92.3 cm³/mol. The van der Waals surface area contributed by atoms with Gasteiger partial charge in [0.2, 0.25) is 0 Å². The lowest BCUT2D eigenvalue weighted by atomic mass is 9.71. The molecular formula is C21H22O. The van der Waals surface area contributed by atoms with E-state index in [2.05, 4.69) is 63.2 Å². The van der Waals surface area contributed by atoms with E-state index in [1.807, 2.05) is 6.07 Å². The van der Waals surface area contributed by atoms with E-state index in [0.717, 1.165) is 12.0 Å². The van der Waals surface area contributed by atoms with Crippen molar-refractivity contribution in [3.05, 3.63) is 76.4 Å². The highest BCUT2D eigenvalue weighted by Crippen LogP contribution is 2.41. The van der Waals surface area contributed by atoms with Gasteiger partial charge in [0.1, 0.15) is 0 Å². The first-order chi connectivity index (χ1) is 10.4. The van der Waals surface area contributed by atoms with Gasteiger partial charge in [-0.15, -0.1) is 0 Å². The van der Waals surface area contributed by atoms with Crippen molar-refractivity contribution in [1.29, 1.82) is 0 Å². The minimum absolute atomic E-state index is 0.0645. The quantitative estimate of drug-likeness (QED) is 0.685. The van der Waals surface area contributed by atoms with Crippen molar-refractivity contribution < 1.29 is 4.79 Å². The highest BCUT2D eigenvalue weighted by Gasteiger charge is 2.29. The first-order valence-corrected chi connectivity index (χ1v) is 7.81. The molecule has 2 aromatic carbocycles. The smallest absolute Gasteiger partial charge is 0.159 e. The Balaban J connectivity index is 2.16. The molecule has 0 saturated heterocycles. The lowest BCUT2D eigenvalue weighted by Crippen LogP contribution is -2.22. The average molecular weight is 290 g/mol. The van der Waals surface area contributed by atoms with Crippen LogP contribution >= 0.6 is 0 Å². The summed E-state index contributed by atoms with van der Waals surface area (Å²) >= 11 is 0. The van der Waals surface area contributed by atoms with Crippen molar-refractivity contribution in [3.8, 4) is 0 Å². The van der Waals surface area contributed by atoms with E-state index in [9.17, 15) is 4.79 Å². The third-order valence-electron chi connectivity index (χ3n) is 4.62. The van der Waals surface area contributed by atoms with Gasteiger partial charge in [-0.05, 0) is 54.0 Å². The molecule has 0 spiro atoms. The summed E-state index contributed by atoms with van der Waals surface area (Å²) < 4.78 is 0. The summed E-state index contributed by atoms with van der Waals surface area (Å²) in [5, 5.41) is 0. The fourth-order valence-electron chi connectivity index (χ4n) is 3.14. The number of carbonyl (C=O) groups excluding carboxylic acids is 1. The SMILES string of the molecule is CC(=O)c1ccc2c(c1)C(C)(C)CC=C2c1ccc(C)cc1.